The molecule has 1 aliphatic rings. The van der Waals surface area contributed by atoms with Crippen molar-refractivity contribution in [2.45, 2.75) is 33.4 Å². The third-order valence-corrected chi connectivity index (χ3v) is 16.3. The molecule has 0 amide bonds. The van der Waals surface area contributed by atoms with Crippen molar-refractivity contribution in [2.24, 2.45) is 11.8 Å². The molecule has 23 heteroatoms. The van der Waals surface area contributed by atoms with Gasteiger partial charge in [-0.1, -0.05) is 36.5 Å². The van der Waals surface area contributed by atoms with E-state index in [1.807, 2.05) is 6.26 Å². The van der Waals surface area contributed by atoms with E-state index >= 15 is 0 Å². The van der Waals surface area contributed by atoms with Gasteiger partial charge < -0.3 is 26.6 Å². The monoisotopic (exact) mass is 929 g/mol. The zero-order valence-corrected chi connectivity index (χ0v) is 38.1. The van der Waals surface area contributed by atoms with Crippen molar-refractivity contribution in [2.75, 3.05) is 92.2 Å². The zero-order chi connectivity index (χ0) is 42.1. The van der Waals surface area contributed by atoms with Crippen molar-refractivity contribution < 1.29 is 16.8 Å². The molecule has 0 saturated carbocycles. The highest BCUT2D eigenvalue weighted by Crippen LogP contribution is 2.30. The molecule has 60 heavy (non-hydrogen) atoms. The Morgan fingerprint density at radius 1 is 0.717 bits per heavy atom. The molecule has 0 spiro atoms. The number of rotatable bonds is 21. The fourth-order valence-electron chi connectivity index (χ4n) is 5.94. The summed E-state index contributed by atoms with van der Waals surface area (Å²) in [5.41, 5.74) is 1.49. The molecule has 1 aliphatic heterocycles. The molecule has 0 radical (unpaired) electrons. The number of aromatic nitrogens is 6. The van der Waals surface area contributed by atoms with Crippen LogP contribution in [0.25, 0.3) is 20.4 Å². The largest absolute Gasteiger partial charge is 0.361 e. The van der Waals surface area contributed by atoms with E-state index in [4.69, 9.17) is 0 Å². The van der Waals surface area contributed by atoms with Crippen molar-refractivity contribution in [3.05, 3.63) is 61.2 Å². The highest BCUT2D eigenvalue weighted by Gasteiger charge is 2.26. The van der Waals surface area contributed by atoms with E-state index in [9.17, 15) is 16.8 Å². The molecule has 1 fully saturated rings. The van der Waals surface area contributed by atoms with Gasteiger partial charge in [-0.15, -0.1) is 23.5 Å². The van der Waals surface area contributed by atoms with Crippen LogP contribution in [0.3, 0.4) is 0 Å². The van der Waals surface area contributed by atoms with E-state index < -0.39 is 20.0 Å². The van der Waals surface area contributed by atoms with Crippen LogP contribution in [0.2, 0.25) is 0 Å². The second-order valence-corrected chi connectivity index (χ2v) is 21.9. The number of thioether (sulfide) groups is 2. The standard InChI is InChI=1S/C37H47N13O4S6/c1-24(16-39-34-41-20-26(55-3)21-42-34)18-45-36-48-30-6-4-28(14-32(30)57-36)59(51,52)47-10-13-56-27-22-43-35(44-23-27)40-17-25(2)19-46-37-49-31-7-5-29(15-33(31)58-37)60(53,54)50-11-8-38-9-12-50/h4-7,14-15,20-25,38,47H,8-13,16-19H2,1-3H3,(H,45,48)(H,46,49)(H,39,41,42)(H,40,43,44). The summed E-state index contributed by atoms with van der Waals surface area (Å²) in [6.45, 7) is 9.27. The first kappa shape index (κ1) is 44.1. The zero-order valence-electron chi connectivity index (χ0n) is 33.2. The van der Waals surface area contributed by atoms with Crippen LogP contribution in [0, 0.1) is 11.8 Å². The number of nitrogens with zero attached hydrogens (tertiary/aromatic N) is 7. The van der Waals surface area contributed by atoms with Gasteiger partial charge in [-0.05, 0) is 54.5 Å². The van der Waals surface area contributed by atoms with E-state index in [1.54, 1.807) is 72.9 Å². The molecule has 320 valence electrons. The molecular weight excluding hydrogens is 883 g/mol. The Morgan fingerprint density at radius 2 is 1.22 bits per heavy atom. The molecule has 5 heterocycles. The van der Waals surface area contributed by atoms with Crippen LogP contribution >= 0.6 is 46.2 Å². The van der Waals surface area contributed by atoms with Gasteiger partial charge in [0.25, 0.3) is 0 Å². The summed E-state index contributed by atoms with van der Waals surface area (Å²) in [7, 11) is -7.27. The summed E-state index contributed by atoms with van der Waals surface area (Å²) >= 11 is 5.91. The maximum atomic E-state index is 13.1. The quantitative estimate of drug-likeness (QED) is 0.0404. The van der Waals surface area contributed by atoms with Gasteiger partial charge in [-0.2, -0.15) is 4.31 Å². The number of hydrogen-bond donors (Lipinski definition) is 6. The van der Waals surface area contributed by atoms with Crippen LogP contribution in [0.5, 0.6) is 0 Å². The van der Waals surface area contributed by atoms with Crippen LogP contribution in [-0.4, -0.2) is 122 Å². The van der Waals surface area contributed by atoms with Crippen molar-refractivity contribution in [1.29, 1.82) is 0 Å². The van der Waals surface area contributed by atoms with E-state index in [0.717, 1.165) is 40.5 Å². The first-order chi connectivity index (χ1) is 28.9. The van der Waals surface area contributed by atoms with Gasteiger partial charge in [-0.25, -0.2) is 51.5 Å². The van der Waals surface area contributed by atoms with Gasteiger partial charge in [0, 0.05) is 99.2 Å². The van der Waals surface area contributed by atoms with Gasteiger partial charge in [0.1, 0.15) is 0 Å². The predicted molar refractivity (Wildman–Crippen MR) is 245 cm³/mol. The topological polar surface area (TPSA) is 221 Å². The Labute approximate surface area is 366 Å². The van der Waals surface area contributed by atoms with E-state index in [-0.39, 0.29) is 23.3 Å². The number of anilines is 4. The van der Waals surface area contributed by atoms with E-state index in [0.29, 0.717) is 74.9 Å². The fraction of sp³-hybridized carbons (Fsp3) is 0.405. The number of benzene rings is 2. The number of fused-ring (bicyclic) bond motifs is 2. The average Bonchev–Trinajstić information content (AvgIpc) is 3.89. The Hall–Kier alpha value is -3.94. The highest BCUT2D eigenvalue weighted by molar-refractivity contribution is 7.99. The number of piperazine rings is 1. The Bertz CT molecular complexity index is 2570. The normalized spacial score (nSPS) is 14.9. The fourth-order valence-corrected chi connectivity index (χ4v) is 11.6. The Balaban J connectivity index is 0.804. The number of hydrogen-bond acceptors (Lipinski definition) is 19. The minimum Gasteiger partial charge on any atom is -0.361 e. The summed E-state index contributed by atoms with van der Waals surface area (Å²) in [5, 5.41) is 17.9. The first-order valence-corrected chi connectivity index (χ1v) is 26.0. The number of nitrogens with one attached hydrogen (secondary N) is 6. The van der Waals surface area contributed by atoms with Crippen molar-refractivity contribution >= 4 is 109 Å². The molecule has 2 atom stereocenters. The van der Waals surface area contributed by atoms with Crippen molar-refractivity contribution in [3.63, 3.8) is 0 Å². The molecular formula is C37H47N13O4S6. The van der Waals surface area contributed by atoms with Gasteiger partial charge in [0.2, 0.25) is 31.9 Å². The molecule has 0 bridgehead atoms. The molecule has 17 nitrogen and oxygen atoms in total. The summed E-state index contributed by atoms with van der Waals surface area (Å²) < 4.78 is 58.3. The first-order valence-electron chi connectivity index (χ1n) is 19.2. The molecule has 6 N–H and O–H groups in total. The van der Waals surface area contributed by atoms with Crippen molar-refractivity contribution in [1.82, 2.24) is 44.2 Å². The Morgan fingerprint density at radius 3 is 1.77 bits per heavy atom. The van der Waals surface area contributed by atoms with Gasteiger partial charge in [-0.3, -0.25) is 0 Å². The third-order valence-electron chi connectivity index (χ3n) is 9.32. The van der Waals surface area contributed by atoms with Crippen LogP contribution in [-0.2, 0) is 20.0 Å². The predicted octanol–water partition coefficient (Wildman–Crippen LogP) is 5.19. The molecule has 4 aromatic heterocycles. The number of sulfonamides is 2. The van der Waals surface area contributed by atoms with E-state index in [1.165, 1.54) is 38.7 Å². The summed E-state index contributed by atoms with van der Waals surface area (Å²) in [5.74, 6) is 2.05. The summed E-state index contributed by atoms with van der Waals surface area (Å²) in [6.07, 6.45) is 9.01. The summed E-state index contributed by atoms with van der Waals surface area (Å²) in [6, 6.07) is 10.1. The van der Waals surface area contributed by atoms with Gasteiger partial charge in [0.05, 0.1) is 30.2 Å². The SMILES string of the molecule is CSc1cnc(NCC(C)CNc2nc3ccc(S(=O)(=O)NCCSc4cnc(NCC(C)CNc5nc6ccc(S(=O)(=O)N7CCNCC7)cc6s5)nc4)cc3s2)nc1. The highest BCUT2D eigenvalue weighted by atomic mass is 32.2. The lowest BCUT2D eigenvalue weighted by atomic mass is 10.2. The number of thiazole rings is 2. The average molecular weight is 930 g/mol. The molecule has 6 aromatic rings. The van der Waals surface area contributed by atoms with Crippen LogP contribution < -0.4 is 31.3 Å². The minimum atomic E-state index is -3.73. The lowest BCUT2D eigenvalue weighted by Crippen LogP contribution is -2.46. The molecule has 1 saturated heterocycles. The van der Waals surface area contributed by atoms with Crippen LogP contribution in [0.15, 0.2) is 80.8 Å². The molecule has 0 aliphatic carbocycles. The maximum absolute atomic E-state index is 13.1. The smallest absolute Gasteiger partial charge is 0.243 e. The molecule has 2 aromatic carbocycles. The minimum absolute atomic E-state index is 0.191. The lowest BCUT2D eigenvalue weighted by Gasteiger charge is -2.26. The van der Waals surface area contributed by atoms with Gasteiger partial charge >= 0.3 is 0 Å². The van der Waals surface area contributed by atoms with Crippen molar-refractivity contribution in [3.8, 4) is 0 Å². The Kier molecular flexibility index (Phi) is 14.9. The molecule has 7 rings (SSSR count). The second kappa shape index (κ2) is 20.3. The van der Waals surface area contributed by atoms with Gasteiger partial charge in [0.15, 0.2) is 10.3 Å². The van der Waals surface area contributed by atoms with Crippen LogP contribution in [0.4, 0.5) is 22.2 Å². The van der Waals surface area contributed by atoms with Crippen LogP contribution in [0.1, 0.15) is 13.8 Å². The summed E-state index contributed by atoms with van der Waals surface area (Å²) in [4.78, 5) is 29.1. The maximum Gasteiger partial charge on any atom is 0.243 e. The third kappa shape index (κ3) is 11.7. The molecule has 2 unspecified atom stereocenters. The second-order valence-electron chi connectivity index (χ2n) is 14.1. The lowest BCUT2D eigenvalue weighted by molar-refractivity contribution is 0.360. The van der Waals surface area contributed by atoms with E-state index in [2.05, 4.69) is 75.1 Å².